The molecule has 3 nitrogen and oxygen atoms in total. The molecule has 2 aromatic rings. The third-order valence-corrected chi connectivity index (χ3v) is 4.60. The molecule has 2 N–H and O–H groups in total. The molecule has 21 heavy (non-hydrogen) atoms. The lowest BCUT2D eigenvalue weighted by molar-refractivity contribution is 0.579. The van der Waals surface area contributed by atoms with E-state index in [0.717, 1.165) is 24.5 Å². The van der Waals surface area contributed by atoms with Gasteiger partial charge in [0.1, 0.15) is 17.3 Å². The van der Waals surface area contributed by atoms with Gasteiger partial charge in [0.05, 0.1) is 0 Å². The Hall–Kier alpha value is -1.77. The molecule has 0 saturated heterocycles. The molecule has 112 valence electrons. The van der Waals surface area contributed by atoms with E-state index in [2.05, 4.69) is 42.7 Å². The Kier molecular flexibility index (Phi) is 4.00. The highest BCUT2D eigenvalue weighted by Crippen LogP contribution is 2.38. The predicted octanol–water partition coefficient (Wildman–Crippen LogP) is 4.51. The number of aryl methyl sites for hydroxylation is 1. The van der Waals surface area contributed by atoms with Crippen molar-refractivity contribution in [1.82, 2.24) is 9.55 Å². The summed E-state index contributed by atoms with van der Waals surface area (Å²) in [6.07, 6.45) is 6.25. The van der Waals surface area contributed by atoms with Crippen molar-refractivity contribution in [3.05, 3.63) is 35.7 Å². The highest BCUT2D eigenvalue weighted by Gasteiger charge is 2.25. The second kappa shape index (κ2) is 5.92. The smallest absolute Gasteiger partial charge is 0.131 e. The molecule has 1 aliphatic carbocycles. The van der Waals surface area contributed by atoms with E-state index >= 15 is 0 Å². The molecule has 1 fully saturated rings. The maximum Gasteiger partial charge on any atom is 0.131 e. The number of hydrogen-bond acceptors (Lipinski definition) is 2. The van der Waals surface area contributed by atoms with Crippen LogP contribution in [0.3, 0.4) is 0 Å². The van der Waals surface area contributed by atoms with Gasteiger partial charge in [-0.1, -0.05) is 44.0 Å². The van der Waals surface area contributed by atoms with Crippen LogP contribution in [0.5, 0.6) is 0 Å². The van der Waals surface area contributed by atoms with Crippen molar-refractivity contribution in [2.24, 2.45) is 0 Å². The SMILES string of the molecule is CCCn1c(C2CCCC2)nc(-c2ccccc2C)c1N. The molecule has 1 aromatic heterocycles. The van der Waals surface area contributed by atoms with Gasteiger partial charge in [0.25, 0.3) is 0 Å². The van der Waals surface area contributed by atoms with Crippen molar-refractivity contribution in [2.45, 2.75) is 58.4 Å². The minimum absolute atomic E-state index is 0.594. The molecule has 0 radical (unpaired) electrons. The van der Waals surface area contributed by atoms with E-state index in [4.69, 9.17) is 10.7 Å². The van der Waals surface area contributed by atoms with Crippen LogP contribution in [0.1, 0.15) is 56.3 Å². The van der Waals surface area contributed by atoms with Crippen LogP contribution in [-0.4, -0.2) is 9.55 Å². The largest absolute Gasteiger partial charge is 0.383 e. The average Bonchev–Trinajstić information content (AvgIpc) is 3.10. The number of hydrogen-bond donors (Lipinski definition) is 1. The first-order valence-electron chi connectivity index (χ1n) is 8.14. The molecular weight excluding hydrogens is 258 g/mol. The molecule has 0 bridgehead atoms. The zero-order valence-corrected chi connectivity index (χ0v) is 13.1. The Morgan fingerprint density at radius 1 is 1.24 bits per heavy atom. The summed E-state index contributed by atoms with van der Waals surface area (Å²) >= 11 is 0. The molecule has 0 atom stereocenters. The zero-order chi connectivity index (χ0) is 14.8. The van der Waals surface area contributed by atoms with Gasteiger partial charge in [0, 0.05) is 18.0 Å². The maximum atomic E-state index is 6.46. The van der Waals surface area contributed by atoms with Gasteiger partial charge in [-0.2, -0.15) is 0 Å². The fourth-order valence-electron chi connectivity index (χ4n) is 3.47. The van der Waals surface area contributed by atoms with Crippen LogP contribution in [0, 0.1) is 6.92 Å². The standard InChI is InChI=1S/C18H25N3/c1-3-12-21-17(19)16(15-11-7-4-8-13(15)2)20-18(21)14-9-5-6-10-14/h4,7-8,11,14H,3,5-6,9-10,12,19H2,1-2H3. The second-order valence-electron chi connectivity index (χ2n) is 6.15. The Labute approximate surface area is 127 Å². The number of nitrogens with zero attached hydrogens (tertiary/aromatic N) is 2. The van der Waals surface area contributed by atoms with Gasteiger partial charge in [0.15, 0.2) is 0 Å². The summed E-state index contributed by atoms with van der Waals surface area (Å²) in [6.45, 7) is 5.30. The van der Waals surface area contributed by atoms with Crippen LogP contribution in [0.4, 0.5) is 5.82 Å². The van der Waals surface area contributed by atoms with Crippen molar-refractivity contribution >= 4 is 5.82 Å². The number of rotatable bonds is 4. The van der Waals surface area contributed by atoms with Crippen molar-refractivity contribution in [3.8, 4) is 11.3 Å². The average molecular weight is 283 g/mol. The quantitative estimate of drug-likeness (QED) is 0.897. The molecule has 1 heterocycles. The van der Waals surface area contributed by atoms with Gasteiger partial charge in [-0.15, -0.1) is 0 Å². The van der Waals surface area contributed by atoms with Crippen LogP contribution in [0.25, 0.3) is 11.3 Å². The number of nitrogens with two attached hydrogens (primary N) is 1. The first-order chi connectivity index (χ1) is 10.2. The van der Waals surface area contributed by atoms with Crippen LogP contribution >= 0.6 is 0 Å². The van der Waals surface area contributed by atoms with E-state index < -0.39 is 0 Å². The van der Waals surface area contributed by atoms with E-state index in [-0.39, 0.29) is 0 Å². The van der Waals surface area contributed by atoms with Gasteiger partial charge in [-0.25, -0.2) is 4.98 Å². The number of nitrogen functional groups attached to an aromatic ring is 1. The summed E-state index contributed by atoms with van der Waals surface area (Å²) in [4.78, 5) is 4.98. The van der Waals surface area contributed by atoms with E-state index in [9.17, 15) is 0 Å². The van der Waals surface area contributed by atoms with Gasteiger partial charge >= 0.3 is 0 Å². The van der Waals surface area contributed by atoms with E-state index in [1.165, 1.54) is 42.6 Å². The maximum absolute atomic E-state index is 6.46. The Balaban J connectivity index is 2.09. The minimum Gasteiger partial charge on any atom is -0.383 e. The lowest BCUT2D eigenvalue weighted by Gasteiger charge is -2.12. The summed E-state index contributed by atoms with van der Waals surface area (Å²) in [5.74, 6) is 2.65. The third-order valence-electron chi connectivity index (χ3n) is 4.60. The number of aromatic nitrogens is 2. The van der Waals surface area contributed by atoms with Crippen LogP contribution in [0.15, 0.2) is 24.3 Å². The summed E-state index contributed by atoms with van der Waals surface area (Å²) in [5.41, 5.74) is 9.84. The van der Waals surface area contributed by atoms with E-state index in [1.807, 2.05) is 0 Å². The van der Waals surface area contributed by atoms with Crippen molar-refractivity contribution < 1.29 is 0 Å². The molecular formula is C18H25N3. The van der Waals surface area contributed by atoms with Gasteiger partial charge in [0.2, 0.25) is 0 Å². The molecule has 3 heteroatoms. The highest BCUT2D eigenvalue weighted by atomic mass is 15.1. The zero-order valence-electron chi connectivity index (χ0n) is 13.1. The third kappa shape index (κ3) is 2.57. The second-order valence-corrected chi connectivity index (χ2v) is 6.15. The normalized spacial score (nSPS) is 15.7. The summed E-state index contributed by atoms with van der Waals surface area (Å²) < 4.78 is 2.26. The van der Waals surface area contributed by atoms with E-state index in [1.54, 1.807) is 0 Å². The van der Waals surface area contributed by atoms with Gasteiger partial charge < -0.3 is 10.3 Å². The molecule has 0 amide bonds. The fourth-order valence-corrected chi connectivity index (χ4v) is 3.47. The Morgan fingerprint density at radius 2 is 1.95 bits per heavy atom. The molecule has 1 aromatic carbocycles. The number of anilines is 1. The van der Waals surface area contributed by atoms with Crippen LogP contribution < -0.4 is 5.73 Å². The molecule has 3 rings (SSSR count). The summed E-state index contributed by atoms with van der Waals surface area (Å²) in [7, 11) is 0. The fraction of sp³-hybridized carbons (Fsp3) is 0.500. The van der Waals surface area contributed by atoms with Crippen LogP contribution in [0.2, 0.25) is 0 Å². The number of benzene rings is 1. The lowest BCUT2D eigenvalue weighted by atomic mass is 10.1. The molecule has 0 aliphatic heterocycles. The summed E-state index contributed by atoms with van der Waals surface area (Å²) in [6, 6.07) is 8.39. The first-order valence-corrected chi connectivity index (χ1v) is 8.14. The van der Waals surface area contributed by atoms with Gasteiger partial charge in [-0.3, -0.25) is 0 Å². The predicted molar refractivity (Wildman–Crippen MR) is 88.3 cm³/mol. The topological polar surface area (TPSA) is 43.8 Å². The monoisotopic (exact) mass is 283 g/mol. The highest BCUT2D eigenvalue weighted by molar-refractivity contribution is 5.73. The number of imidazole rings is 1. The summed E-state index contributed by atoms with van der Waals surface area (Å²) in [5, 5.41) is 0. The minimum atomic E-state index is 0.594. The lowest BCUT2D eigenvalue weighted by Crippen LogP contribution is -2.09. The molecule has 1 aliphatic rings. The Bertz CT molecular complexity index is 621. The van der Waals surface area contributed by atoms with Crippen molar-refractivity contribution in [1.29, 1.82) is 0 Å². The van der Waals surface area contributed by atoms with Gasteiger partial charge in [-0.05, 0) is 31.7 Å². The molecule has 0 unspecified atom stereocenters. The first kappa shape index (κ1) is 14.2. The molecule has 1 saturated carbocycles. The van der Waals surface area contributed by atoms with Crippen molar-refractivity contribution in [2.75, 3.05) is 5.73 Å². The Morgan fingerprint density at radius 3 is 2.62 bits per heavy atom. The van der Waals surface area contributed by atoms with Crippen LogP contribution in [-0.2, 0) is 6.54 Å². The molecule has 0 spiro atoms. The van der Waals surface area contributed by atoms with Crippen molar-refractivity contribution in [3.63, 3.8) is 0 Å². The van der Waals surface area contributed by atoms with E-state index in [0.29, 0.717) is 5.92 Å².